The van der Waals surface area contributed by atoms with E-state index < -0.39 is 11.8 Å². The zero-order valence-electron chi connectivity index (χ0n) is 16.6. The minimum absolute atomic E-state index is 0.0687. The Balaban J connectivity index is 1.77. The minimum Gasteiger partial charge on any atom is -0.465 e. The Kier molecular flexibility index (Phi) is 5.06. The molecule has 150 valence electrons. The van der Waals surface area contributed by atoms with Crippen molar-refractivity contribution in [2.45, 2.75) is 6.04 Å². The normalized spacial score (nSPS) is 13.1. The molecule has 4 rings (SSSR count). The molecule has 0 amide bonds. The number of aromatic nitrogens is 1. The Labute approximate surface area is 173 Å². The number of hydrogen-bond donors (Lipinski definition) is 1. The van der Waals surface area contributed by atoms with E-state index in [4.69, 9.17) is 4.74 Å². The molecule has 6 nitrogen and oxygen atoms in total. The third kappa shape index (κ3) is 3.33. The van der Waals surface area contributed by atoms with Gasteiger partial charge in [-0.1, -0.05) is 60.7 Å². The van der Waals surface area contributed by atoms with E-state index in [1.807, 2.05) is 60.7 Å². The standard InChI is InChI=1S/C24H20N2O4/c1-26-14-17(24(29)30-2)20-22(26)19(27)13-18(23(20)28)25-21(15-9-5-3-6-10-15)16-11-7-4-8-12-16/h3-14,21,25H,1-2H3. The molecular weight excluding hydrogens is 380 g/mol. The highest BCUT2D eigenvalue weighted by Crippen LogP contribution is 2.29. The fourth-order valence-electron chi connectivity index (χ4n) is 3.73. The van der Waals surface area contributed by atoms with Crippen molar-refractivity contribution in [3.8, 4) is 0 Å². The summed E-state index contributed by atoms with van der Waals surface area (Å²) >= 11 is 0. The number of esters is 1. The molecule has 1 aromatic heterocycles. The van der Waals surface area contributed by atoms with Crippen LogP contribution < -0.4 is 5.32 Å². The molecule has 0 spiro atoms. The van der Waals surface area contributed by atoms with Crippen LogP contribution in [0, 0.1) is 0 Å². The highest BCUT2D eigenvalue weighted by Gasteiger charge is 2.35. The van der Waals surface area contributed by atoms with Gasteiger partial charge in [0.05, 0.1) is 30.0 Å². The SMILES string of the molecule is COC(=O)c1cn(C)c2c1C(=O)C(NC(c1ccccc1)c1ccccc1)=CC2=O. The summed E-state index contributed by atoms with van der Waals surface area (Å²) in [7, 11) is 2.87. The first-order valence-electron chi connectivity index (χ1n) is 9.46. The van der Waals surface area contributed by atoms with Crippen molar-refractivity contribution in [1.29, 1.82) is 0 Å². The van der Waals surface area contributed by atoms with E-state index in [1.165, 1.54) is 23.9 Å². The first-order valence-corrected chi connectivity index (χ1v) is 9.46. The number of carbonyl (C=O) groups excluding carboxylic acids is 3. The van der Waals surface area contributed by atoms with Gasteiger partial charge in [-0.05, 0) is 11.1 Å². The molecule has 0 fully saturated rings. The van der Waals surface area contributed by atoms with Crippen LogP contribution in [0.2, 0.25) is 0 Å². The molecule has 1 heterocycles. The zero-order chi connectivity index (χ0) is 21.3. The van der Waals surface area contributed by atoms with Crippen LogP contribution >= 0.6 is 0 Å². The third-order valence-electron chi connectivity index (χ3n) is 5.13. The number of methoxy groups -OCH3 is 1. The van der Waals surface area contributed by atoms with Gasteiger partial charge in [-0.25, -0.2) is 4.79 Å². The van der Waals surface area contributed by atoms with Gasteiger partial charge < -0.3 is 14.6 Å². The third-order valence-corrected chi connectivity index (χ3v) is 5.13. The number of rotatable bonds is 5. The molecule has 6 heteroatoms. The van der Waals surface area contributed by atoms with Crippen LogP contribution in [0.1, 0.15) is 48.4 Å². The summed E-state index contributed by atoms with van der Waals surface area (Å²) < 4.78 is 6.29. The summed E-state index contributed by atoms with van der Waals surface area (Å²) in [5, 5.41) is 3.23. The average Bonchev–Trinajstić information content (AvgIpc) is 3.14. The lowest BCUT2D eigenvalue weighted by Gasteiger charge is -2.24. The predicted molar refractivity (Wildman–Crippen MR) is 111 cm³/mol. The molecule has 1 N–H and O–H groups in total. The first kappa shape index (κ1) is 19.4. The Hall–Kier alpha value is -3.93. The van der Waals surface area contributed by atoms with Crippen molar-refractivity contribution < 1.29 is 19.1 Å². The van der Waals surface area contributed by atoms with Crippen LogP contribution in [0.15, 0.2) is 78.6 Å². The van der Waals surface area contributed by atoms with Crippen molar-refractivity contribution in [3.05, 3.63) is 107 Å². The maximum absolute atomic E-state index is 13.3. The van der Waals surface area contributed by atoms with Crippen LogP contribution in [0.5, 0.6) is 0 Å². The smallest absolute Gasteiger partial charge is 0.340 e. The Morgan fingerprint density at radius 1 is 0.967 bits per heavy atom. The lowest BCUT2D eigenvalue weighted by Crippen LogP contribution is -2.31. The van der Waals surface area contributed by atoms with Gasteiger partial charge in [0, 0.05) is 19.3 Å². The van der Waals surface area contributed by atoms with E-state index in [-0.39, 0.29) is 34.3 Å². The molecular formula is C24H20N2O4. The highest BCUT2D eigenvalue weighted by atomic mass is 16.5. The van der Waals surface area contributed by atoms with E-state index >= 15 is 0 Å². The number of aryl methyl sites for hydroxylation is 1. The predicted octanol–water partition coefficient (Wildman–Crippen LogP) is 3.45. The number of nitrogens with one attached hydrogen (secondary N) is 1. The molecule has 0 saturated heterocycles. The number of ketones is 2. The number of fused-ring (bicyclic) bond motifs is 1. The first-order chi connectivity index (χ1) is 14.5. The fourth-order valence-corrected chi connectivity index (χ4v) is 3.73. The molecule has 3 aromatic rings. The van der Waals surface area contributed by atoms with E-state index in [0.29, 0.717) is 0 Å². The molecule has 0 bridgehead atoms. The second kappa shape index (κ2) is 7.83. The van der Waals surface area contributed by atoms with Crippen molar-refractivity contribution in [3.63, 3.8) is 0 Å². The Morgan fingerprint density at radius 2 is 1.53 bits per heavy atom. The van der Waals surface area contributed by atoms with Crippen molar-refractivity contribution in [2.24, 2.45) is 7.05 Å². The molecule has 0 atom stereocenters. The number of hydrogen-bond acceptors (Lipinski definition) is 5. The van der Waals surface area contributed by atoms with Crippen LogP contribution in [0.4, 0.5) is 0 Å². The maximum Gasteiger partial charge on any atom is 0.340 e. The number of benzene rings is 2. The van der Waals surface area contributed by atoms with Gasteiger partial charge in [0.2, 0.25) is 11.6 Å². The lowest BCUT2D eigenvalue weighted by molar-refractivity contribution is 0.0597. The summed E-state index contributed by atoms with van der Waals surface area (Å²) in [5.74, 6) is -1.41. The van der Waals surface area contributed by atoms with Gasteiger partial charge in [0.15, 0.2) is 0 Å². The molecule has 1 aliphatic rings. The van der Waals surface area contributed by atoms with Gasteiger partial charge >= 0.3 is 5.97 Å². The molecule has 2 aromatic carbocycles. The van der Waals surface area contributed by atoms with Crippen molar-refractivity contribution >= 4 is 17.5 Å². The van der Waals surface area contributed by atoms with Gasteiger partial charge in [-0.2, -0.15) is 0 Å². The van der Waals surface area contributed by atoms with Crippen molar-refractivity contribution in [2.75, 3.05) is 7.11 Å². The van der Waals surface area contributed by atoms with E-state index in [2.05, 4.69) is 5.32 Å². The summed E-state index contributed by atoms with van der Waals surface area (Å²) in [6.07, 6.45) is 2.75. The molecule has 0 radical (unpaired) electrons. The zero-order valence-corrected chi connectivity index (χ0v) is 16.6. The topological polar surface area (TPSA) is 77.4 Å². The van der Waals surface area contributed by atoms with Crippen LogP contribution in [0.25, 0.3) is 0 Å². The van der Waals surface area contributed by atoms with Crippen LogP contribution in [-0.2, 0) is 11.8 Å². The van der Waals surface area contributed by atoms with Gasteiger partial charge in [0.25, 0.3) is 0 Å². The number of nitrogens with zero attached hydrogens (tertiary/aromatic N) is 1. The number of ether oxygens (including phenoxy) is 1. The van der Waals surface area contributed by atoms with E-state index in [1.54, 1.807) is 7.05 Å². The van der Waals surface area contributed by atoms with E-state index in [9.17, 15) is 14.4 Å². The van der Waals surface area contributed by atoms with Crippen LogP contribution in [-0.4, -0.2) is 29.2 Å². The molecule has 1 aliphatic carbocycles. The van der Waals surface area contributed by atoms with Crippen molar-refractivity contribution in [1.82, 2.24) is 9.88 Å². The Bertz CT molecular complexity index is 1120. The molecule has 30 heavy (non-hydrogen) atoms. The number of Topliss-reactive ketones (excluding diaryl/α,β-unsaturated/α-hetero) is 1. The van der Waals surface area contributed by atoms with Gasteiger partial charge in [-0.15, -0.1) is 0 Å². The number of allylic oxidation sites excluding steroid dienone is 2. The van der Waals surface area contributed by atoms with Crippen LogP contribution in [0.3, 0.4) is 0 Å². The molecule has 0 aliphatic heterocycles. The fraction of sp³-hybridized carbons (Fsp3) is 0.125. The quantitative estimate of drug-likeness (QED) is 0.664. The summed E-state index contributed by atoms with van der Waals surface area (Å²) in [5.41, 5.74) is 2.35. The summed E-state index contributed by atoms with van der Waals surface area (Å²) in [6, 6.07) is 19.0. The highest BCUT2D eigenvalue weighted by molar-refractivity contribution is 6.26. The average molecular weight is 400 g/mol. The minimum atomic E-state index is -0.656. The maximum atomic E-state index is 13.3. The largest absolute Gasteiger partial charge is 0.465 e. The van der Waals surface area contributed by atoms with E-state index in [0.717, 1.165) is 11.1 Å². The number of carbonyl (C=O) groups is 3. The second-order valence-corrected chi connectivity index (χ2v) is 7.02. The lowest BCUT2D eigenvalue weighted by atomic mass is 9.93. The second-order valence-electron chi connectivity index (χ2n) is 7.02. The van der Waals surface area contributed by atoms with Gasteiger partial charge in [0.1, 0.15) is 5.69 Å². The molecule has 0 saturated carbocycles. The summed E-state index contributed by atoms with van der Waals surface area (Å²) in [6.45, 7) is 0. The summed E-state index contributed by atoms with van der Waals surface area (Å²) in [4.78, 5) is 38.3. The Morgan fingerprint density at radius 3 is 2.07 bits per heavy atom. The monoisotopic (exact) mass is 400 g/mol. The van der Waals surface area contributed by atoms with Gasteiger partial charge in [-0.3, -0.25) is 9.59 Å². The molecule has 0 unspecified atom stereocenters.